The van der Waals surface area contributed by atoms with Crippen LogP contribution in [0.5, 0.6) is 0 Å². The number of hydrogen-bond donors (Lipinski definition) is 3. The van der Waals surface area contributed by atoms with Crippen LogP contribution in [0.1, 0.15) is 10.4 Å². The number of alkyl halides is 3. The molecule has 1 aliphatic heterocycles. The fourth-order valence-electron chi connectivity index (χ4n) is 3.75. The molecule has 0 unspecified atom stereocenters. The first kappa shape index (κ1) is 30.4. The third-order valence-corrected chi connectivity index (χ3v) is 6.14. The van der Waals surface area contributed by atoms with Crippen LogP contribution in [-0.4, -0.2) is 97.4 Å². The molecular weight excluding hydrogens is 583 g/mol. The molecule has 0 spiro atoms. The highest BCUT2D eigenvalue weighted by atomic mass is 35.5. The number of tetrazole rings is 1. The second kappa shape index (κ2) is 13.9. The molecule has 17 heteroatoms. The van der Waals surface area contributed by atoms with E-state index in [1.54, 1.807) is 35.3 Å². The van der Waals surface area contributed by atoms with Crippen molar-refractivity contribution in [3.8, 4) is 11.4 Å². The number of carbonyl (C=O) groups is 2. The van der Waals surface area contributed by atoms with Crippen molar-refractivity contribution in [3.05, 3.63) is 71.5 Å². The molecular formula is C25H25ClF3N9O4. The SMILES string of the molecule is O=C(NCCN1CCOCC1)c1cccc(-n2cc(Nc3nnnn3-c3ccccc3Cl)cn2)c1.O=C(O)C(F)(F)F. The number of aliphatic carboxylic acids is 1. The second-order valence-electron chi connectivity index (χ2n) is 8.73. The largest absolute Gasteiger partial charge is 0.490 e. The number of carboxylic acids is 1. The Kier molecular flexibility index (Phi) is 10.1. The summed E-state index contributed by atoms with van der Waals surface area (Å²) in [5, 5.41) is 30.0. The van der Waals surface area contributed by atoms with E-state index < -0.39 is 12.1 Å². The number of anilines is 2. The predicted molar refractivity (Wildman–Crippen MR) is 144 cm³/mol. The van der Waals surface area contributed by atoms with Crippen LogP contribution in [0.25, 0.3) is 11.4 Å². The van der Waals surface area contributed by atoms with Gasteiger partial charge in [-0.25, -0.2) is 9.48 Å². The average molecular weight is 608 g/mol. The molecule has 0 atom stereocenters. The minimum Gasteiger partial charge on any atom is -0.475 e. The van der Waals surface area contributed by atoms with Gasteiger partial charge < -0.3 is 20.5 Å². The summed E-state index contributed by atoms with van der Waals surface area (Å²) in [6.07, 6.45) is -1.64. The van der Waals surface area contributed by atoms with Crippen molar-refractivity contribution in [3.63, 3.8) is 0 Å². The van der Waals surface area contributed by atoms with Gasteiger partial charge in [-0.2, -0.15) is 23.0 Å². The molecule has 3 N–H and O–H groups in total. The van der Waals surface area contributed by atoms with Crippen molar-refractivity contribution < 1.29 is 32.6 Å². The van der Waals surface area contributed by atoms with E-state index in [0.717, 1.165) is 38.5 Å². The minimum atomic E-state index is -5.08. The molecule has 42 heavy (non-hydrogen) atoms. The molecule has 1 saturated heterocycles. The van der Waals surface area contributed by atoms with Gasteiger partial charge in [0.25, 0.3) is 11.9 Å². The van der Waals surface area contributed by atoms with E-state index in [1.165, 1.54) is 4.68 Å². The number of amides is 1. The lowest BCUT2D eigenvalue weighted by Crippen LogP contribution is -2.41. The van der Waals surface area contributed by atoms with Gasteiger partial charge in [0.05, 0.1) is 47.7 Å². The van der Waals surface area contributed by atoms with Crippen molar-refractivity contribution in [1.82, 2.24) is 40.2 Å². The van der Waals surface area contributed by atoms with E-state index in [4.69, 9.17) is 26.2 Å². The van der Waals surface area contributed by atoms with Crippen LogP contribution in [-0.2, 0) is 9.53 Å². The van der Waals surface area contributed by atoms with Crippen molar-refractivity contribution in [2.24, 2.45) is 0 Å². The molecule has 0 bridgehead atoms. The Balaban J connectivity index is 0.000000517. The van der Waals surface area contributed by atoms with Crippen LogP contribution in [0.2, 0.25) is 5.02 Å². The van der Waals surface area contributed by atoms with Gasteiger partial charge in [-0.05, 0) is 40.8 Å². The summed E-state index contributed by atoms with van der Waals surface area (Å²) in [5.41, 5.74) is 2.65. The lowest BCUT2D eigenvalue weighted by molar-refractivity contribution is -0.192. The number of carbonyl (C=O) groups excluding carboxylic acids is 1. The number of morpholine rings is 1. The Morgan fingerprint density at radius 2 is 1.83 bits per heavy atom. The summed E-state index contributed by atoms with van der Waals surface area (Å²) in [5.74, 6) is -2.48. The predicted octanol–water partition coefficient (Wildman–Crippen LogP) is 2.94. The first-order valence-corrected chi connectivity index (χ1v) is 12.8. The van der Waals surface area contributed by atoms with Gasteiger partial charge in [0, 0.05) is 31.7 Å². The normalized spacial score (nSPS) is 13.6. The number of halogens is 4. The summed E-state index contributed by atoms with van der Waals surface area (Å²) in [7, 11) is 0. The number of para-hydroxylation sites is 1. The quantitative estimate of drug-likeness (QED) is 0.273. The molecule has 1 amide bonds. The zero-order valence-corrected chi connectivity index (χ0v) is 22.6. The number of ether oxygens (including phenoxy) is 1. The van der Waals surface area contributed by atoms with E-state index in [0.29, 0.717) is 34.5 Å². The molecule has 222 valence electrons. The average Bonchev–Trinajstić information content (AvgIpc) is 3.64. The maximum Gasteiger partial charge on any atom is 0.490 e. The van der Waals surface area contributed by atoms with Crippen LogP contribution in [0.4, 0.5) is 24.8 Å². The zero-order chi connectivity index (χ0) is 30.1. The maximum absolute atomic E-state index is 12.7. The number of nitrogens with one attached hydrogen (secondary N) is 2. The van der Waals surface area contributed by atoms with Crippen molar-refractivity contribution in [1.29, 1.82) is 0 Å². The van der Waals surface area contributed by atoms with E-state index in [1.807, 2.05) is 30.3 Å². The number of carboxylic acid groups (broad SMARTS) is 1. The lowest BCUT2D eigenvalue weighted by Gasteiger charge is -2.26. The van der Waals surface area contributed by atoms with Crippen molar-refractivity contribution in [2.75, 3.05) is 44.7 Å². The Bertz CT molecular complexity index is 1510. The third-order valence-electron chi connectivity index (χ3n) is 5.82. The maximum atomic E-state index is 12.7. The molecule has 3 heterocycles. The summed E-state index contributed by atoms with van der Waals surface area (Å²) >= 11 is 6.29. The van der Waals surface area contributed by atoms with Crippen LogP contribution in [0, 0.1) is 0 Å². The van der Waals surface area contributed by atoms with E-state index in [9.17, 15) is 18.0 Å². The van der Waals surface area contributed by atoms with Gasteiger partial charge in [0.2, 0.25) is 0 Å². The summed E-state index contributed by atoms with van der Waals surface area (Å²) in [4.78, 5) is 23.8. The van der Waals surface area contributed by atoms with Gasteiger partial charge in [0.15, 0.2) is 0 Å². The third kappa shape index (κ3) is 8.25. The molecule has 1 aliphatic rings. The van der Waals surface area contributed by atoms with Gasteiger partial charge in [0.1, 0.15) is 0 Å². The first-order chi connectivity index (χ1) is 20.1. The smallest absolute Gasteiger partial charge is 0.475 e. The first-order valence-electron chi connectivity index (χ1n) is 12.5. The van der Waals surface area contributed by atoms with Gasteiger partial charge in [-0.15, -0.1) is 0 Å². The Hall–Kier alpha value is -4.54. The monoisotopic (exact) mass is 607 g/mol. The fraction of sp³-hybridized carbons (Fsp3) is 0.280. The summed E-state index contributed by atoms with van der Waals surface area (Å²) in [6.45, 7) is 4.66. The molecule has 2 aromatic heterocycles. The summed E-state index contributed by atoms with van der Waals surface area (Å²) in [6, 6.07) is 14.6. The molecule has 0 radical (unpaired) electrons. The Morgan fingerprint density at radius 1 is 1.10 bits per heavy atom. The van der Waals surface area contributed by atoms with E-state index in [2.05, 4.69) is 36.2 Å². The van der Waals surface area contributed by atoms with Gasteiger partial charge in [-0.3, -0.25) is 9.69 Å². The minimum absolute atomic E-state index is 0.121. The molecule has 5 rings (SSSR count). The van der Waals surface area contributed by atoms with E-state index >= 15 is 0 Å². The highest BCUT2D eigenvalue weighted by Crippen LogP contribution is 2.23. The Morgan fingerprint density at radius 3 is 2.55 bits per heavy atom. The number of rotatable bonds is 8. The number of benzene rings is 2. The van der Waals surface area contributed by atoms with Gasteiger partial charge >= 0.3 is 12.1 Å². The summed E-state index contributed by atoms with van der Waals surface area (Å²) < 4.78 is 40.3. The topological polar surface area (TPSA) is 152 Å². The molecule has 2 aromatic carbocycles. The van der Waals surface area contributed by atoms with Crippen molar-refractivity contribution in [2.45, 2.75) is 6.18 Å². The molecule has 0 saturated carbocycles. The van der Waals surface area contributed by atoms with Crippen molar-refractivity contribution >= 4 is 35.1 Å². The molecule has 4 aromatic rings. The highest BCUT2D eigenvalue weighted by Gasteiger charge is 2.38. The van der Waals surface area contributed by atoms with Crippen LogP contribution < -0.4 is 10.6 Å². The molecule has 0 aliphatic carbocycles. The van der Waals surface area contributed by atoms with Crippen LogP contribution in [0.3, 0.4) is 0 Å². The standard InChI is InChI=1S/C23H24ClN9O2.C2HF3O2/c24-20-6-1-2-7-21(20)33-23(28-29-30-33)27-18-15-26-32(16-18)19-5-3-4-17(14-19)22(34)25-8-9-31-10-12-35-13-11-31;3-2(4,5)1(6)7/h1-7,14-16H,8-13H2,(H,25,34)(H,27,28,30);(H,6,7). The molecule has 1 fully saturated rings. The Labute approximate surface area is 241 Å². The number of nitrogens with zero attached hydrogens (tertiary/aromatic N) is 7. The zero-order valence-electron chi connectivity index (χ0n) is 21.8. The highest BCUT2D eigenvalue weighted by molar-refractivity contribution is 6.32. The second-order valence-corrected chi connectivity index (χ2v) is 9.13. The molecule has 13 nitrogen and oxygen atoms in total. The number of hydrogen-bond acceptors (Lipinski definition) is 9. The fourth-order valence-corrected chi connectivity index (χ4v) is 3.97. The number of aromatic nitrogens is 6. The lowest BCUT2D eigenvalue weighted by atomic mass is 10.2. The van der Waals surface area contributed by atoms with Crippen LogP contribution >= 0.6 is 11.6 Å². The van der Waals surface area contributed by atoms with Gasteiger partial charge in [-0.1, -0.05) is 34.9 Å². The van der Waals surface area contributed by atoms with E-state index in [-0.39, 0.29) is 5.91 Å². The van der Waals surface area contributed by atoms with Crippen LogP contribution in [0.15, 0.2) is 60.9 Å².